The predicted octanol–water partition coefficient (Wildman–Crippen LogP) is 4.75. The number of methoxy groups -OCH3 is 1. The summed E-state index contributed by atoms with van der Waals surface area (Å²) < 4.78 is 33.9. The zero-order chi connectivity index (χ0) is 27.5. The molecule has 1 saturated heterocycles. The van der Waals surface area contributed by atoms with E-state index in [1.807, 2.05) is 0 Å². The number of esters is 1. The number of fused-ring (bicyclic) bond motifs is 3. The Bertz CT molecular complexity index is 1370. The molecule has 0 radical (unpaired) electrons. The molecule has 1 aliphatic carbocycles. The molecule has 1 amide bonds. The summed E-state index contributed by atoms with van der Waals surface area (Å²) in [6.07, 6.45) is 3.48. The number of ether oxygens (including phenoxy) is 1. The van der Waals surface area contributed by atoms with Crippen LogP contribution in [0.4, 0.5) is 5.00 Å². The summed E-state index contributed by atoms with van der Waals surface area (Å²) in [6, 6.07) is 6.11. The SMILES string of the molecule is CCN1CCc2c(sc(NC(=O)c3ccc(S(=O)(=O)N4C[C@]5(C)C[C@@H]4CC(C)(C)C5)cc3)c2C(=O)OC)C1. The lowest BCUT2D eigenvalue weighted by Crippen LogP contribution is -2.37. The maximum absolute atomic E-state index is 13.6. The highest BCUT2D eigenvalue weighted by atomic mass is 32.2. The number of carbonyl (C=O) groups excluding carboxylic acids is 2. The molecule has 2 fully saturated rings. The molecule has 10 heteroatoms. The number of carbonyl (C=O) groups is 2. The van der Waals surface area contributed by atoms with Crippen LogP contribution in [0.5, 0.6) is 0 Å². The number of likely N-dealkylation sites (N-methyl/N-ethyl adjacent to an activating group) is 1. The second-order valence-corrected chi connectivity index (χ2v) is 15.1. The van der Waals surface area contributed by atoms with Gasteiger partial charge in [0.2, 0.25) is 10.0 Å². The lowest BCUT2D eigenvalue weighted by molar-refractivity contribution is 0.0600. The van der Waals surface area contributed by atoms with Crippen LogP contribution < -0.4 is 5.32 Å². The van der Waals surface area contributed by atoms with Crippen molar-refractivity contribution in [1.82, 2.24) is 9.21 Å². The molecule has 5 rings (SSSR count). The van der Waals surface area contributed by atoms with E-state index in [4.69, 9.17) is 4.74 Å². The number of nitrogens with one attached hydrogen (secondary N) is 1. The maximum atomic E-state index is 13.6. The zero-order valence-corrected chi connectivity index (χ0v) is 24.4. The van der Waals surface area contributed by atoms with Gasteiger partial charge in [-0.1, -0.05) is 27.7 Å². The summed E-state index contributed by atoms with van der Waals surface area (Å²) in [6.45, 7) is 11.8. The smallest absolute Gasteiger partial charge is 0.341 e. The van der Waals surface area contributed by atoms with E-state index in [0.717, 1.165) is 55.8 Å². The second-order valence-electron chi connectivity index (χ2n) is 12.1. The highest BCUT2D eigenvalue weighted by Crippen LogP contribution is 2.53. The van der Waals surface area contributed by atoms with Crippen molar-refractivity contribution in [3.05, 3.63) is 45.8 Å². The second kappa shape index (κ2) is 9.73. The molecule has 3 aliphatic rings. The fourth-order valence-electron chi connectivity index (χ4n) is 6.91. The summed E-state index contributed by atoms with van der Waals surface area (Å²) in [5.74, 6) is -0.853. The lowest BCUT2D eigenvalue weighted by atomic mass is 9.65. The van der Waals surface area contributed by atoms with Gasteiger partial charge in [0.1, 0.15) is 5.00 Å². The Hall–Kier alpha value is -2.27. The average molecular weight is 560 g/mol. The standard InChI is InChI=1S/C28H37N3O5S2/c1-6-30-12-11-21-22(15-30)37-25(23(21)26(33)36-5)29-24(32)18-7-9-20(10-8-18)38(34,35)31-17-28(4)14-19(31)13-27(2,3)16-28/h7-10,19H,6,11-17H2,1-5H3,(H,29,32)/t19-,28+/m0/s1. The number of thiophene rings is 1. The third-order valence-electron chi connectivity index (χ3n) is 8.29. The summed E-state index contributed by atoms with van der Waals surface area (Å²) in [7, 11) is -2.33. The van der Waals surface area contributed by atoms with Gasteiger partial charge in [0.05, 0.1) is 17.6 Å². The van der Waals surface area contributed by atoms with Crippen molar-refractivity contribution in [3.8, 4) is 0 Å². The van der Waals surface area contributed by atoms with E-state index in [1.54, 1.807) is 16.4 Å². The molecule has 1 N–H and O–H groups in total. The molecule has 0 spiro atoms. The third-order valence-corrected chi connectivity index (χ3v) is 11.3. The van der Waals surface area contributed by atoms with E-state index in [0.29, 0.717) is 22.7 Å². The molecule has 2 aliphatic heterocycles. The Morgan fingerprint density at radius 3 is 2.53 bits per heavy atom. The number of nitrogens with zero attached hydrogens (tertiary/aromatic N) is 2. The van der Waals surface area contributed by atoms with Crippen LogP contribution in [0, 0.1) is 10.8 Å². The van der Waals surface area contributed by atoms with E-state index < -0.39 is 21.9 Å². The largest absolute Gasteiger partial charge is 0.465 e. The van der Waals surface area contributed by atoms with Crippen LogP contribution in [-0.4, -0.2) is 62.3 Å². The minimum absolute atomic E-state index is 0.00182. The Morgan fingerprint density at radius 1 is 1.16 bits per heavy atom. The zero-order valence-electron chi connectivity index (χ0n) is 22.8. The van der Waals surface area contributed by atoms with Crippen LogP contribution in [-0.2, 0) is 27.7 Å². The number of anilines is 1. The first-order valence-corrected chi connectivity index (χ1v) is 15.5. The molecule has 206 valence electrons. The summed E-state index contributed by atoms with van der Waals surface area (Å²) >= 11 is 1.40. The minimum Gasteiger partial charge on any atom is -0.465 e. The van der Waals surface area contributed by atoms with Crippen LogP contribution in [0.25, 0.3) is 0 Å². The summed E-state index contributed by atoms with van der Waals surface area (Å²) in [4.78, 5) is 29.3. The molecule has 0 unspecified atom stereocenters. The van der Waals surface area contributed by atoms with E-state index in [-0.39, 0.29) is 21.8 Å². The van der Waals surface area contributed by atoms with Gasteiger partial charge in [0.15, 0.2) is 0 Å². The van der Waals surface area contributed by atoms with Gasteiger partial charge in [0, 0.05) is 36.1 Å². The number of rotatable bonds is 6. The monoisotopic (exact) mass is 559 g/mol. The third kappa shape index (κ3) is 4.92. The molecule has 38 heavy (non-hydrogen) atoms. The van der Waals surface area contributed by atoms with Gasteiger partial charge in [-0.15, -0.1) is 11.3 Å². The number of hydrogen-bond acceptors (Lipinski definition) is 7. The van der Waals surface area contributed by atoms with Gasteiger partial charge in [0.25, 0.3) is 5.91 Å². The van der Waals surface area contributed by atoms with E-state index in [1.165, 1.54) is 30.6 Å². The molecule has 2 bridgehead atoms. The van der Waals surface area contributed by atoms with Crippen LogP contribution in [0.1, 0.15) is 78.1 Å². The van der Waals surface area contributed by atoms with Gasteiger partial charge in [-0.25, -0.2) is 13.2 Å². The number of hydrogen-bond donors (Lipinski definition) is 1. The van der Waals surface area contributed by atoms with Gasteiger partial charge in [-0.2, -0.15) is 4.31 Å². The predicted molar refractivity (Wildman–Crippen MR) is 148 cm³/mol. The van der Waals surface area contributed by atoms with Crippen molar-refractivity contribution in [1.29, 1.82) is 0 Å². The van der Waals surface area contributed by atoms with E-state index in [9.17, 15) is 18.0 Å². The molecule has 2 aromatic rings. The van der Waals surface area contributed by atoms with Gasteiger partial charge in [-0.05, 0) is 72.9 Å². The average Bonchev–Trinajstić information content (AvgIpc) is 3.35. The topological polar surface area (TPSA) is 96.0 Å². The quantitative estimate of drug-likeness (QED) is 0.513. The Balaban J connectivity index is 1.36. The molecule has 3 heterocycles. The fraction of sp³-hybridized carbons (Fsp3) is 0.571. The number of benzene rings is 1. The summed E-state index contributed by atoms with van der Waals surface area (Å²) in [5, 5.41) is 3.36. The Kier molecular flexibility index (Phi) is 6.99. The molecule has 8 nitrogen and oxygen atoms in total. The van der Waals surface area contributed by atoms with Gasteiger partial charge >= 0.3 is 5.97 Å². The van der Waals surface area contributed by atoms with E-state index >= 15 is 0 Å². The Morgan fingerprint density at radius 2 is 1.87 bits per heavy atom. The van der Waals surface area contributed by atoms with Crippen molar-refractivity contribution < 1.29 is 22.7 Å². The van der Waals surface area contributed by atoms with Crippen molar-refractivity contribution in [2.45, 2.75) is 70.9 Å². The molecule has 2 atom stereocenters. The van der Waals surface area contributed by atoms with Crippen molar-refractivity contribution >= 4 is 38.2 Å². The lowest BCUT2D eigenvalue weighted by Gasteiger charge is -2.39. The van der Waals surface area contributed by atoms with Crippen molar-refractivity contribution in [2.75, 3.05) is 32.1 Å². The minimum atomic E-state index is -3.68. The van der Waals surface area contributed by atoms with E-state index in [2.05, 4.69) is 37.9 Å². The molecular weight excluding hydrogens is 522 g/mol. The Labute approximate surface area is 229 Å². The van der Waals surface area contributed by atoms with Crippen LogP contribution in [0.3, 0.4) is 0 Å². The first kappa shape index (κ1) is 27.3. The molecular formula is C28H37N3O5S2. The number of sulfonamides is 1. The maximum Gasteiger partial charge on any atom is 0.341 e. The summed E-state index contributed by atoms with van der Waals surface area (Å²) in [5.41, 5.74) is 1.80. The first-order valence-electron chi connectivity index (χ1n) is 13.2. The highest BCUT2D eigenvalue weighted by Gasteiger charge is 2.53. The fourth-order valence-corrected chi connectivity index (χ4v) is 9.96. The van der Waals surface area contributed by atoms with Crippen molar-refractivity contribution in [3.63, 3.8) is 0 Å². The first-order chi connectivity index (χ1) is 17.9. The van der Waals surface area contributed by atoms with Gasteiger partial charge in [-0.3, -0.25) is 9.69 Å². The normalized spacial score (nSPS) is 25.1. The van der Waals surface area contributed by atoms with Gasteiger partial charge < -0.3 is 10.1 Å². The van der Waals surface area contributed by atoms with Crippen LogP contribution in [0.15, 0.2) is 29.2 Å². The molecule has 1 saturated carbocycles. The molecule has 1 aromatic heterocycles. The van der Waals surface area contributed by atoms with Crippen molar-refractivity contribution in [2.24, 2.45) is 10.8 Å². The van der Waals surface area contributed by atoms with Crippen LogP contribution in [0.2, 0.25) is 0 Å². The van der Waals surface area contributed by atoms with Crippen LogP contribution >= 0.6 is 11.3 Å². The highest BCUT2D eigenvalue weighted by molar-refractivity contribution is 7.89. The number of amides is 1. The molecule has 1 aromatic carbocycles.